The van der Waals surface area contributed by atoms with Gasteiger partial charge in [0.05, 0.1) is 52.0 Å². The number of nitrogens with zero attached hydrogens (tertiary/aromatic N) is 6. The Kier molecular flexibility index (Phi) is 9.85. The molecular formula is C44H51N7O6Si. The maximum atomic E-state index is 13.9. The molecule has 1 aromatic heterocycles. The summed E-state index contributed by atoms with van der Waals surface area (Å²) in [5.41, 5.74) is 7.30. The van der Waals surface area contributed by atoms with E-state index in [-0.39, 0.29) is 23.9 Å². The first kappa shape index (κ1) is 38.0. The molecule has 0 saturated carbocycles. The standard InChI is InChI=1S/C44H51N7O6Si/c1-56-43(54)49-20-6-9-37(49)41(52)48-19-5-8-36(48)34-23-32-31-17-15-29(22-30(31)16-18-33(32)46-34)27-11-13-28(14-12-27)35-24-45-40(47-35)39-25-58(3,4)26-51(39)42(53)38-10-7-21-50(38)44(55)57-2/h11-18,22,24,36-39H,5-10,19-21,23,25-26H2,1-4H3,(H,45,47)/t36-,37-,38-,39-/m0/s1. The van der Waals surface area contributed by atoms with Crippen molar-refractivity contribution in [2.45, 2.75) is 88.3 Å². The van der Waals surface area contributed by atoms with Crippen molar-refractivity contribution in [1.82, 2.24) is 29.6 Å². The summed E-state index contributed by atoms with van der Waals surface area (Å²) in [7, 11) is 1.02. The number of carbonyl (C=O) groups excluding carboxylic acids is 4. The lowest BCUT2D eigenvalue weighted by Gasteiger charge is -2.31. The third kappa shape index (κ3) is 6.74. The number of hydrogen-bond donors (Lipinski definition) is 1. The van der Waals surface area contributed by atoms with Gasteiger partial charge in [0, 0.05) is 37.9 Å². The predicted octanol–water partition coefficient (Wildman–Crippen LogP) is 7.11. The molecule has 4 atom stereocenters. The topological polar surface area (TPSA) is 141 Å². The second-order valence-corrected chi connectivity index (χ2v) is 22.3. The molecule has 13 nitrogen and oxygen atoms in total. The largest absolute Gasteiger partial charge is 0.453 e. The maximum absolute atomic E-state index is 13.9. The number of nitrogens with one attached hydrogen (secondary N) is 1. The van der Waals surface area contributed by atoms with Crippen molar-refractivity contribution in [3.8, 4) is 22.4 Å². The average molecular weight is 802 g/mol. The first-order chi connectivity index (χ1) is 28.0. The molecule has 4 fully saturated rings. The van der Waals surface area contributed by atoms with Gasteiger partial charge in [-0.15, -0.1) is 0 Å². The molecule has 14 heteroatoms. The molecule has 3 aromatic carbocycles. The fourth-order valence-electron chi connectivity index (χ4n) is 10.1. The Labute approximate surface area is 339 Å². The number of H-pyrrole nitrogens is 1. The van der Waals surface area contributed by atoms with Gasteiger partial charge < -0.3 is 24.3 Å². The molecular weight excluding hydrogens is 751 g/mol. The van der Waals surface area contributed by atoms with E-state index in [9.17, 15) is 19.2 Å². The van der Waals surface area contributed by atoms with Gasteiger partial charge in [0.1, 0.15) is 17.9 Å². The van der Waals surface area contributed by atoms with Crippen molar-refractivity contribution in [3.63, 3.8) is 0 Å². The monoisotopic (exact) mass is 801 g/mol. The summed E-state index contributed by atoms with van der Waals surface area (Å²) in [6, 6.07) is 19.0. The van der Waals surface area contributed by atoms with Gasteiger partial charge in [-0.05, 0) is 89.7 Å². The molecule has 5 aliphatic rings. The van der Waals surface area contributed by atoms with Crippen LogP contribution in [0.5, 0.6) is 0 Å². The molecule has 0 spiro atoms. The summed E-state index contributed by atoms with van der Waals surface area (Å²) in [6.45, 7) is 6.37. The number of benzene rings is 3. The number of imidazole rings is 1. The Morgan fingerprint density at radius 1 is 0.724 bits per heavy atom. The number of rotatable bonds is 6. The summed E-state index contributed by atoms with van der Waals surface area (Å²) in [4.78, 5) is 73.0. The van der Waals surface area contributed by atoms with Gasteiger partial charge in [0.15, 0.2) is 0 Å². The number of aliphatic imine (C=N–C) groups is 1. The molecule has 4 saturated heterocycles. The van der Waals surface area contributed by atoms with E-state index < -0.39 is 32.3 Å². The number of likely N-dealkylation sites (tertiary alicyclic amines) is 3. The van der Waals surface area contributed by atoms with Gasteiger partial charge in [-0.1, -0.05) is 55.6 Å². The lowest BCUT2D eigenvalue weighted by atomic mass is 9.95. The zero-order valence-electron chi connectivity index (χ0n) is 33.7. The van der Waals surface area contributed by atoms with Crippen LogP contribution in [-0.4, -0.2) is 126 Å². The van der Waals surface area contributed by atoms with Crippen molar-refractivity contribution < 1.29 is 28.7 Å². The molecule has 9 rings (SSSR count). The Morgan fingerprint density at radius 2 is 1.34 bits per heavy atom. The number of methoxy groups -OCH3 is 2. The van der Waals surface area contributed by atoms with Crippen LogP contribution in [0.1, 0.15) is 56.0 Å². The summed E-state index contributed by atoms with van der Waals surface area (Å²) in [5, 5.41) is 2.31. The smallest absolute Gasteiger partial charge is 0.410 e. The first-order valence-corrected chi connectivity index (χ1v) is 24.0. The van der Waals surface area contributed by atoms with Gasteiger partial charge >= 0.3 is 12.2 Å². The number of amides is 4. The summed E-state index contributed by atoms with van der Waals surface area (Å²) < 4.78 is 9.95. The lowest BCUT2D eigenvalue weighted by Crippen LogP contribution is -2.51. The molecule has 4 amide bonds. The molecule has 0 unspecified atom stereocenters. The van der Waals surface area contributed by atoms with Crippen LogP contribution in [0.15, 0.2) is 65.8 Å². The van der Waals surface area contributed by atoms with Gasteiger partial charge in [0.25, 0.3) is 0 Å². The third-order valence-electron chi connectivity index (χ3n) is 13.0. The highest BCUT2D eigenvalue weighted by Crippen LogP contribution is 2.41. The molecule has 6 heterocycles. The fraction of sp³-hybridized carbons (Fsp3) is 0.455. The van der Waals surface area contributed by atoms with Crippen molar-refractivity contribution in [2.24, 2.45) is 4.99 Å². The molecule has 0 radical (unpaired) electrons. The van der Waals surface area contributed by atoms with Gasteiger partial charge in [-0.3, -0.25) is 24.4 Å². The Bertz CT molecular complexity index is 2320. The average Bonchev–Trinajstić information content (AvgIpc) is 4.10. The summed E-state index contributed by atoms with van der Waals surface area (Å²) in [6.07, 6.45) is 7.09. The molecule has 1 N–H and O–H groups in total. The number of aromatic amines is 1. The van der Waals surface area contributed by atoms with Crippen LogP contribution in [0, 0.1) is 0 Å². The number of ether oxygens (including phenoxy) is 2. The first-order valence-electron chi connectivity index (χ1n) is 20.6. The predicted molar refractivity (Wildman–Crippen MR) is 224 cm³/mol. The Balaban J connectivity index is 0.890. The van der Waals surface area contributed by atoms with Gasteiger partial charge in [-0.2, -0.15) is 0 Å². The highest BCUT2D eigenvalue weighted by atomic mass is 28.3. The van der Waals surface area contributed by atoms with Crippen LogP contribution >= 0.6 is 0 Å². The zero-order chi connectivity index (χ0) is 40.3. The highest BCUT2D eigenvalue weighted by Gasteiger charge is 2.48. The second kappa shape index (κ2) is 15.0. The molecule has 58 heavy (non-hydrogen) atoms. The molecule has 4 aromatic rings. The SMILES string of the molecule is COC(=O)N1CCC[C@H]1C(=O)N1CCC[C@H]1C1=Nc2ccc3cc(-c4ccc(-c5cnc([C@@H]6C[Si](C)(C)CN6C(=O)[C@@H]6CCCN6C(=O)OC)[nH]5)cc4)ccc3c2C1. The maximum Gasteiger partial charge on any atom is 0.410 e. The van der Waals surface area contributed by atoms with E-state index in [2.05, 4.69) is 72.7 Å². The quantitative estimate of drug-likeness (QED) is 0.205. The van der Waals surface area contributed by atoms with Crippen molar-refractivity contribution in [2.75, 3.05) is 40.0 Å². The van der Waals surface area contributed by atoms with Crippen LogP contribution in [0.4, 0.5) is 15.3 Å². The number of aromatic nitrogens is 2. The zero-order valence-corrected chi connectivity index (χ0v) is 34.7. The number of hydrogen-bond acceptors (Lipinski definition) is 8. The van der Waals surface area contributed by atoms with Crippen LogP contribution < -0.4 is 0 Å². The lowest BCUT2D eigenvalue weighted by molar-refractivity contribution is -0.136. The minimum absolute atomic E-state index is 0.00412. The number of fused-ring (bicyclic) bond motifs is 3. The van der Waals surface area contributed by atoms with E-state index >= 15 is 0 Å². The van der Waals surface area contributed by atoms with Crippen molar-refractivity contribution in [1.29, 1.82) is 0 Å². The molecule has 302 valence electrons. The van der Waals surface area contributed by atoms with E-state index in [0.717, 1.165) is 82.9 Å². The molecule has 0 aliphatic carbocycles. The van der Waals surface area contributed by atoms with Gasteiger partial charge in [-0.25, -0.2) is 14.6 Å². The minimum Gasteiger partial charge on any atom is -0.453 e. The number of carbonyl (C=O) groups is 4. The summed E-state index contributed by atoms with van der Waals surface area (Å²) >= 11 is 0. The normalized spacial score (nSPS) is 23.8. The van der Waals surface area contributed by atoms with Gasteiger partial charge in [0.2, 0.25) is 11.8 Å². The molecule has 5 aliphatic heterocycles. The van der Waals surface area contributed by atoms with E-state index in [1.165, 1.54) is 25.2 Å². The van der Waals surface area contributed by atoms with E-state index in [1.54, 1.807) is 9.80 Å². The highest BCUT2D eigenvalue weighted by molar-refractivity contribution is 6.78. The van der Waals surface area contributed by atoms with Crippen molar-refractivity contribution >= 4 is 54.2 Å². The minimum atomic E-state index is -1.71. The van der Waals surface area contributed by atoms with E-state index in [1.807, 2.05) is 16.0 Å². The summed E-state index contributed by atoms with van der Waals surface area (Å²) in [5.74, 6) is 0.779. The van der Waals surface area contributed by atoms with Crippen LogP contribution in [0.2, 0.25) is 19.1 Å². The Morgan fingerprint density at radius 3 is 2.03 bits per heavy atom. The van der Waals surface area contributed by atoms with Crippen molar-refractivity contribution in [3.05, 3.63) is 72.2 Å². The van der Waals surface area contributed by atoms with Crippen LogP contribution in [0.25, 0.3) is 33.2 Å². The fourth-order valence-corrected chi connectivity index (χ4v) is 13.0. The second-order valence-electron chi connectivity index (χ2n) is 17.2. The van der Waals surface area contributed by atoms with Crippen LogP contribution in [0.3, 0.4) is 0 Å². The Hall–Kier alpha value is -5.50. The van der Waals surface area contributed by atoms with E-state index in [4.69, 9.17) is 19.5 Å². The molecule has 0 bridgehead atoms. The third-order valence-corrected chi connectivity index (χ3v) is 15.7. The van der Waals surface area contributed by atoms with E-state index in [0.29, 0.717) is 38.9 Å². The van der Waals surface area contributed by atoms with Crippen LogP contribution in [-0.2, 0) is 25.5 Å².